The van der Waals surface area contributed by atoms with E-state index < -0.39 is 17.3 Å². The van der Waals surface area contributed by atoms with Gasteiger partial charge in [0, 0.05) is 25.0 Å². The SMILES string of the molecule is CO[C@](C)(C(=O)Nc1cccc(CCO)c1)c1ccccc1F. The number of hydrogen-bond donors (Lipinski definition) is 2. The van der Waals surface area contributed by atoms with Gasteiger partial charge in [-0.1, -0.05) is 30.3 Å². The predicted octanol–water partition coefficient (Wildman–Crippen LogP) is 2.86. The summed E-state index contributed by atoms with van der Waals surface area (Å²) in [7, 11) is 1.37. The molecule has 0 aliphatic heterocycles. The molecule has 0 bridgehead atoms. The standard InChI is InChI=1S/C18H20FNO3/c1-18(23-2,15-8-3-4-9-16(15)19)17(22)20-14-7-5-6-13(12-14)10-11-21/h3-9,12,21H,10-11H2,1-2H3,(H,20,22)/t18-/m0/s1. The predicted molar refractivity (Wildman–Crippen MR) is 86.6 cm³/mol. The zero-order chi connectivity index (χ0) is 16.9. The Morgan fingerprint density at radius 2 is 2.00 bits per heavy atom. The molecule has 1 atom stereocenters. The molecule has 2 N–H and O–H groups in total. The van der Waals surface area contributed by atoms with E-state index in [2.05, 4.69) is 5.32 Å². The highest BCUT2D eigenvalue weighted by atomic mass is 19.1. The molecule has 0 saturated carbocycles. The van der Waals surface area contributed by atoms with Crippen molar-refractivity contribution in [3.63, 3.8) is 0 Å². The number of anilines is 1. The molecule has 0 heterocycles. The van der Waals surface area contributed by atoms with Crippen molar-refractivity contribution in [2.45, 2.75) is 18.9 Å². The molecule has 1 amide bonds. The van der Waals surface area contributed by atoms with Crippen molar-refractivity contribution in [3.8, 4) is 0 Å². The van der Waals surface area contributed by atoms with Crippen LogP contribution in [0.1, 0.15) is 18.1 Å². The number of aliphatic hydroxyl groups is 1. The molecule has 0 aromatic heterocycles. The summed E-state index contributed by atoms with van der Waals surface area (Å²) in [4.78, 5) is 12.6. The number of hydrogen-bond acceptors (Lipinski definition) is 3. The Morgan fingerprint density at radius 3 is 2.65 bits per heavy atom. The highest BCUT2D eigenvalue weighted by molar-refractivity contribution is 5.97. The second kappa shape index (κ2) is 7.35. The van der Waals surface area contributed by atoms with Crippen molar-refractivity contribution in [2.75, 3.05) is 19.0 Å². The van der Waals surface area contributed by atoms with Crippen molar-refractivity contribution in [2.24, 2.45) is 0 Å². The number of carbonyl (C=O) groups is 1. The van der Waals surface area contributed by atoms with Crippen molar-refractivity contribution in [1.82, 2.24) is 0 Å². The number of benzene rings is 2. The molecular formula is C18H20FNO3. The van der Waals surface area contributed by atoms with Gasteiger partial charge in [-0.2, -0.15) is 0 Å². The first kappa shape index (κ1) is 17.1. The van der Waals surface area contributed by atoms with Crippen molar-refractivity contribution in [1.29, 1.82) is 0 Å². The summed E-state index contributed by atoms with van der Waals surface area (Å²) in [5.74, 6) is -0.965. The molecule has 0 aliphatic carbocycles. The average Bonchev–Trinajstić information content (AvgIpc) is 2.55. The highest BCUT2D eigenvalue weighted by Crippen LogP contribution is 2.28. The second-order valence-electron chi connectivity index (χ2n) is 5.35. The maximum Gasteiger partial charge on any atom is 0.261 e. The molecule has 2 aromatic rings. The van der Waals surface area contributed by atoms with Gasteiger partial charge in [-0.3, -0.25) is 4.79 Å². The first-order valence-corrected chi connectivity index (χ1v) is 7.32. The molecule has 0 radical (unpaired) electrons. The van der Waals surface area contributed by atoms with Crippen LogP contribution in [0.5, 0.6) is 0 Å². The zero-order valence-corrected chi connectivity index (χ0v) is 13.2. The van der Waals surface area contributed by atoms with Gasteiger partial charge in [0.15, 0.2) is 5.60 Å². The Hall–Kier alpha value is -2.24. The first-order valence-electron chi connectivity index (χ1n) is 7.32. The Bertz CT molecular complexity index is 689. The molecule has 122 valence electrons. The summed E-state index contributed by atoms with van der Waals surface area (Å²) in [5.41, 5.74) is 0.195. The van der Waals surface area contributed by atoms with Crippen LogP contribution in [0.15, 0.2) is 48.5 Å². The normalized spacial score (nSPS) is 13.4. The molecule has 2 rings (SSSR count). The third kappa shape index (κ3) is 3.75. The number of methoxy groups -OCH3 is 1. The number of carbonyl (C=O) groups excluding carboxylic acids is 1. The van der Waals surface area contributed by atoms with Gasteiger partial charge in [0.05, 0.1) is 0 Å². The summed E-state index contributed by atoms with van der Waals surface area (Å²) in [6.07, 6.45) is 0.499. The molecular weight excluding hydrogens is 297 g/mol. The van der Waals surface area contributed by atoms with Crippen LogP contribution >= 0.6 is 0 Å². The number of ether oxygens (including phenoxy) is 1. The molecule has 5 heteroatoms. The van der Waals surface area contributed by atoms with Gasteiger partial charge in [0.1, 0.15) is 5.82 Å². The molecule has 0 spiro atoms. The van der Waals surface area contributed by atoms with Crippen LogP contribution in [0.2, 0.25) is 0 Å². The van der Waals surface area contributed by atoms with Gasteiger partial charge in [-0.15, -0.1) is 0 Å². The third-order valence-electron chi connectivity index (χ3n) is 3.81. The van der Waals surface area contributed by atoms with Crippen LogP contribution in [-0.2, 0) is 21.6 Å². The van der Waals surface area contributed by atoms with E-state index in [1.54, 1.807) is 30.3 Å². The largest absolute Gasteiger partial charge is 0.396 e. The third-order valence-corrected chi connectivity index (χ3v) is 3.81. The van der Waals surface area contributed by atoms with Crippen molar-refractivity contribution >= 4 is 11.6 Å². The van der Waals surface area contributed by atoms with Crippen LogP contribution in [0, 0.1) is 5.82 Å². The molecule has 4 nitrogen and oxygen atoms in total. The Labute approximate surface area is 134 Å². The number of halogens is 1. The number of amides is 1. The van der Waals surface area contributed by atoms with E-state index in [0.717, 1.165) is 5.56 Å². The summed E-state index contributed by atoms with van der Waals surface area (Å²) in [6, 6.07) is 13.2. The maximum atomic E-state index is 14.0. The minimum Gasteiger partial charge on any atom is -0.396 e. The lowest BCUT2D eigenvalue weighted by atomic mass is 9.94. The number of rotatable bonds is 6. The lowest BCUT2D eigenvalue weighted by molar-refractivity contribution is -0.137. The van der Waals surface area contributed by atoms with Gasteiger partial charge < -0.3 is 15.2 Å². The van der Waals surface area contributed by atoms with Crippen LogP contribution in [0.25, 0.3) is 0 Å². The fourth-order valence-electron chi connectivity index (χ4n) is 2.36. The Kier molecular flexibility index (Phi) is 5.47. The van der Waals surface area contributed by atoms with Crippen LogP contribution in [0.4, 0.5) is 10.1 Å². The molecule has 0 fully saturated rings. The Balaban J connectivity index is 2.27. The van der Waals surface area contributed by atoms with Gasteiger partial charge >= 0.3 is 0 Å². The minimum atomic E-state index is -1.45. The van der Waals surface area contributed by atoms with Gasteiger partial charge in [-0.25, -0.2) is 4.39 Å². The van der Waals surface area contributed by atoms with E-state index in [1.807, 2.05) is 6.07 Å². The monoisotopic (exact) mass is 317 g/mol. The fourth-order valence-corrected chi connectivity index (χ4v) is 2.36. The summed E-state index contributed by atoms with van der Waals surface area (Å²) < 4.78 is 19.4. The van der Waals surface area contributed by atoms with Gasteiger partial charge in [0.25, 0.3) is 5.91 Å². The van der Waals surface area contributed by atoms with E-state index >= 15 is 0 Å². The molecule has 0 unspecified atom stereocenters. The fraction of sp³-hybridized carbons (Fsp3) is 0.278. The van der Waals surface area contributed by atoms with Crippen molar-refractivity contribution in [3.05, 3.63) is 65.5 Å². The van der Waals surface area contributed by atoms with E-state index in [0.29, 0.717) is 12.1 Å². The lowest BCUT2D eigenvalue weighted by Crippen LogP contribution is -2.40. The first-order chi connectivity index (χ1) is 11.0. The van der Waals surface area contributed by atoms with E-state index in [1.165, 1.54) is 26.2 Å². The number of nitrogens with one attached hydrogen (secondary N) is 1. The van der Waals surface area contributed by atoms with E-state index in [4.69, 9.17) is 9.84 Å². The number of aliphatic hydroxyl groups excluding tert-OH is 1. The zero-order valence-electron chi connectivity index (χ0n) is 13.2. The van der Waals surface area contributed by atoms with Crippen molar-refractivity contribution < 1.29 is 19.0 Å². The molecule has 0 saturated heterocycles. The summed E-state index contributed by atoms with van der Waals surface area (Å²) in [5, 5.41) is 11.7. The van der Waals surface area contributed by atoms with Crippen LogP contribution in [0.3, 0.4) is 0 Å². The van der Waals surface area contributed by atoms with Crippen LogP contribution < -0.4 is 5.32 Å². The quantitative estimate of drug-likeness (QED) is 0.861. The van der Waals surface area contributed by atoms with Gasteiger partial charge in [0.2, 0.25) is 0 Å². The Morgan fingerprint density at radius 1 is 1.26 bits per heavy atom. The second-order valence-corrected chi connectivity index (χ2v) is 5.35. The summed E-state index contributed by atoms with van der Waals surface area (Å²) >= 11 is 0. The topological polar surface area (TPSA) is 58.6 Å². The average molecular weight is 317 g/mol. The molecule has 0 aliphatic rings. The molecule has 2 aromatic carbocycles. The lowest BCUT2D eigenvalue weighted by Gasteiger charge is -2.27. The van der Waals surface area contributed by atoms with Crippen LogP contribution in [-0.4, -0.2) is 24.7 Å². The molecule has 23 heavy (non-hydrogen) atoms. The maximum absolute atomic E-state index is 14.0. The van der Waals surface area contributed by atoms with E-state index in [-0.39, 0.29) is 12.2 Å². The van der Waals surface area contributed by atoms with E-state index in [9.17, 15) is 9.18 Å². The van der Waals surface area contributed by atoms with Gasteiger partial charge in [-0.05, 0) is 37.1 Å². The summed E-state index contributed by atoms with van der Waals surface area (Å²) in [6.45, 7) is 1.56. The minimum absolute atomic E-state index is 0.0302. The smallest absolute Gasteiger partial charge is 0.261 e. The highest BCUT2D eigenvalue weighted by Gasteiger charge is 2.37.